The van der Waals surface area contributed by atoms with Crippen LogP contribution in [0.2, 0.25) is 0 Å². The molecule has 30 heavy (non-hydrogen) atoms. The molecule has 2 bridgehead atoms. The number of nitrogens with zero attached hydrogens (tertiary/aromatic N) is 4. The van der Waals surface area contributed by atoms with Gasteiger partial charge in [-0.1, -0.05) is 0 Å². The van der Waals surface area contributed by atoms with Gasteiger partial charge in [0.1, 0.15) is 11.4 Å². The number of fused-ring (bicyclic) bond motifs is 2. The van der Waals surface area contributed by atoms with E-state index in [0.717, 1.165) is 31.5 Å². The second-order valence-electron chi connectivity index (χ2n) is 7.99. The number of aromatic nitrogens is 2. The van der Waals surface area contributed by atoms with Crippen molar-refractivity contribution in [2.45, 2.75) is 37.3 Å². The highest BCUT2D eigenvalue weighted by Gasteiger charge is 2.39. The molecule has 0 saturated carbocycles. The lowest BCUT2D eigenvalue weighted by Gasteiger charge is -2.29. The van der Waals surface area contributed by atoms with E-state index < -0.39 is 17.8 Å². The van der Waals surface area contributed by atoms with Gasteiger partial charge in [-0.25, -0.2) is 4.98 Å². The van der Waals surface area contributed by atoms with E-state index in [9.17, 15) is 18.3 Å². The Bertz CT molecular complexity index is 924. The van der Waals surface area contributed by atoms with Crippen LogP contribution in [0.25, 0.3) is 0 Å². The van der Waals surface area contributed by atoms with Crippen LogP contribution < -0.4 is 15.1 Å². The number of β-amino-alcohol motifs (C(OH)–C–C–N with tert-alkyl or cyclic N) is 1. The molecule has 0 amide bonds. The number of nitrogens with one attached hydrogen (secondary N) is 1. The van der Waals surface area contributed by atoms with Crippen molar-refractivity contribution in [1.29, 1.82) is 0 Å². The third-order valence-electron chi connectivity index (χ3n) is 5.89. The van der Waals surface area contributed by atoms with Gasteiger partial charge in [-0.3, -0.25) is 0 Å². The zero-order valence-electron chi connectivity index (χ0n) is 16.1. The molecule has 4 heterocycles. The minimum absolute atomic E-state index is 0.0840. The van der Waals surface area contributed by atoms with Crippen molar-refractivity contribution >= 4 is 23.1 Å². The van der Waals surface area contributed by atoms with Gasteiger partial charge in [0.25, 0.3) is 0 Å². The summed E-state index contributed by atoms with van der Waals surface area (Å²) < 4.78 is 45.9. The SMILES string of the molecule is O[C@H]1CCN(c2nc(Nc3ccc(N4CC5CC4CO5)cc3)ncc2C(F)(F)F)C1. The summed E-state index contributed by atoms with van der Waals surface area (Å²) in [6.07, 6.45) is -2.67. The molecule has 1 aromatic carbocycles. The molecule has 3 saturated heterocycles. The van der Waals surface area contributed by atoms with Crippen molar-refractivity contribution in [3.63, 3.8) is 0 Å². The summed E-state index contributed by atoms with van der Waals surface area (Å²) in [5, 5.41) is 12.7. The van der Waals surface area contributed by atoms with E-state index in [4.69, 9.17) is 4.74 Å². The minimum atomic E-state index is -4.57. The van der Waals surface area contributed by atoms with E-state index in [1.165, 1.54) is 4.90 Å². The first-order valence-electron chi connectivity index (χ1n) is 9.99. The third-order valence-corrected chi connectivity index (χ3v) is 5.89. The smallest absolute Gasteiger partial charge is 0.391 e. The Hall–Kier alpha value is -2.59. The number of benzene rings is 1. The predicted octanol–water partition coefficient (Wildman–Crippen LogP) is 2.79. The van der Waals surface area contributed by atoms with E-state index in [0.29, 0.717) is 30.8 Å². The van der Waals surface area contributed by atoms with Crippen molar-refractivity contribution < 1.29 is 23.0 Å². The minimum Gasteiger partial charge on any atom is -0.391 e. The fraction of sp³-hybridized carbons (Fsp3) is 0.500. The molecule has 5 rings (SSSR count). The highest BCUT2D eigenvalue weighted by atomic mass is 19.4. The summed E-state index contributed by atoms with van der Waals surface area (Å²) in [4.78, 5) is 11.8. The Morgan fingerprint density at radius 2 is 1.97 bits per heavy atom. The first-order chi connectivity index (χ1) is 14.4. The average Bonchev–Trinajstić information content (AvgIpc) is 3.45. The van der Waals surface area contributed by atoms with E-state index in [-0.39, 0.29) is 18.3 Å². The van der Waals surface area contributed by atoms with Crippen molar-refractivity contribution in [1.82, 2.24) is 9.97 Å². The normalized spacial score (nSPS) is 25.9. The standard InChI is InChI=1S/C20H22F3N5O2/c21-20(22,23)17-8-24-19(26-18(17)27-6-5-15(29)9-27)25-12-1-3-13(4-2-12)28-10-16-7-14(28)11-30-16/h1-4,8,14-16,29H,5-7,9-11H2,(H,24,25,26)/t14?,15-,16?/m0/s1. The Balaban J connectivity index is 1.35. The second-order valence-corrected chi connectivity index (χ2v) is 7.99. The molecule has 0 spiro atoms. The maximum atomic E-state index is 13.4. The number of halogens is 3. The molecule has 3 fully saturated rings. The molecule has 3 aliphatic rings. The molecule has 3 atom stereocenters. The number of hydrogen-bond donors (Lipinski definition) is 2. The number of hydrogen-bond acceptors (Lipinski definition) is 7. The van der Waals surface area contributed by atoms with Crippen LogP contribution >= 0.6 is 0 Å². The van der Waals surface area contributed by atoms with Gasteiger partial charge >= 0.3 is 6.18 Å². The van der Waals surface area contributed by atoms with Crippen molar-refractivity contribution in [2.24, 2.45) is 0 Å². The lowest BCUT2D eigenvalue weighted by Crippen LogP contribution is -2.36. The van der Waals surface area contributed by atoms with Crippen LogP contribution in [-0.2, 0) is 10.9 Å². The lowest BCUT2D eigenvalue weighted by molar-refractivity contribution is -0.137. The molecular formula is C20H22F3N5O2. The van der Waals surface area contributed by atoms with Crippen molar-refractivity contribution in [3.05, 3.63) is 36.0 Å². The number of rotatable bonds is 4. The molecule has 7 nitrogen and oxygen atoms in total. The molecule has 0 radical (unpaired) electrons. The molecule has 3 aliphatic heterocycles. The van der Waals surface area contributed by atoms with Gasteiger partial charge in [-0.15, -0.1) is 0 Å². The van der Waals surface area contributed by atoms with Crippen LogP contribution in [0.4, 0.5) is 36.3 Å². The summed E-state index contributed by atoms with van der Waals surface area (Å²) in [7, 11) is 0. The largest absolute Gasteiger partial charge is 0.421 e. The summed E-state index contributed by atoms with van der Waals surface area (Å²) in [6, 6.07) is 8.09. The van der Waals surface area contributed by atoms with E-state index >= 15 is 0 Å². The summed E-state index contributed by atoms with van der Waals surface area (Å²) in [5.74, 6) is -0.123. The topological polar surface area (TPSA) is 73.8 Å². The Labute approximate surface area is 171 Å². The predicted molar refractivity (Wildman–Crippen MR) is 105 cm³/mol. The number of morpholine rings is 1. The highest BCUT2D eigenvalue weighted by molar-refractivity contribution is 5.62. The maximum Gasteiger partial charge on any atom is 0.421 e. The third kappa shape index (κ3) is 3.65. The first-order valence-corrected chi connectivity index (χ1v) is 9.99. The van der Waals surface area contributed by atoms with Crippen LogP contribution in [0, 0.1) is 0 Å². The molecule has 0 aliphatic carbocycles. The number of alkyl halides is 3. The zero-order valence-corrected chi connectivity index (χ0v) is 16.1. The summed E-state index contributed by atoms with van der Waals surface area (Å²) in [5.41, 5.74) is 0.881. The van der Waals surface area contributed by atoms with Crippen molar-refractivity contribution in [2.75, 3.05) is 41.4 Å². The highest BCUT2D eigenvalue weighted by Crippen LogP contribution is 2.37. The fourth-order valence-corrected chi connectivity index (χ4v) is 4.39. The van der Waals surface area contributed by atoms with Gasteiger partial charge in [-0.05, 0) is 37.1 Å². The Morgan fingerprint density at radius 3 is 2.57 bits per heavy atom. The van der Waals surface area contributed by atoms with Crippen molar-refractivity contribution in [3.8, 4) is 0 Å². The molecule has 1 aromatic heterocycles. The van der Waals surface area contributed by atoms with Crippen LogP contribution in [0.15, 0.2) is 30.5 Å². The number of ether oxygens (including phenoxy) is 1. The monoisotopic (exact) mass is 421 g/mol. The van der Waals surface area contributed by atoms with Gasteiger partial charge in [0.15, 0.2) is 0 Å². The fourth-order valence-electron chi connectivity index (χ4n) is 4.39. The first kappa shape index (κ1) is 19.4. The van der Waals surface area contributed by atoms with Gasteiger partial charge < -0.3 is 25.0 Å². The molecule has 160 valence electrons. The maximum absolute atomic E-state index is 13.4. The van der Waals surface area contributed by atoms with Crippen LogP contribution in [0.5, 0.6) is 0 Å². The van der Waals surface area contributed by atoms with Gasteiger partial charge in [0.2, 0.25) is 5.95 Å². The average molecular weight is 421 g/mol. The molecule has 10 heteroatoms. The molecular weight excluding hydrogens is 399 g/mol. The van der Waals surface area contributed by atoms with E-state index in [1.54, 1.807) is 0 Å². The number of aliphatic hydroxyl groups is 1. The summed E-state index contributed by atoms with van der Waals surface area (Å²) >= 11 is 0. The van der Waals surface area contributed by atoms with E-state index in [1.807, 2.05) is 24.3 Å². The number of aliphatic hydroxyl groups excluding tert-OH is 1. The van der Waals surface area contributed by atoms with Gasteiger partial charge in [0, 0.05) is 37.2 Å². The summed E-state index contributed by atoms with van der Waals surface area (Å²) in [6.45, 7) is 2.07. The van der Waals surface area contributed by atoms with Gasteiger partial charge in [-0.2, -0.15) is 18.2 Å². The zero-order chi connectivity index (χ0) is 20.9. The van der Waals surface area contributed by atoms with Crippen LogP contribution in [0.3, 0.4) is 0 Å². The van der Waals surface area contributed by atoms with E-state index in [2.05, 4.69) is 20.2 Å². The molecule has 2 N–H and O–H groups in total. The molecule has 2 unspecified atom stereocenters. The quantitative estimate of drug-likeness (QED) is 0.787. The molecule has 2 aromatic rings. The van der Waals surface area contributed by atoms with Gasteiger partial charge in [0.05, 0.1) is 24.9 Å². The Kier molecular flexibility index (Phi) is 4.70. The second kappa shape index (κ2) is 7.28. The van der Waals surface area contributed by atoms with Crippen LogP contribution in [-0.4, -0.2) is 59.6 Å². The Morgan fingerprint density at radius 1 is 1.17 bits per heavy atom. The number of anilines is 4. The lowest BCUT2D eigenvalue weighted by atomic mass is 10.2. The van der Waals surface area contributed by atoms with Crippen LogP contribution in [0.1, 0.15) is 18.4 Å².